The molecular formula is C20H31Br. The highest BCUT2D eigenvalue weighted by atomic mass is 79.9. The van der Waals surface area contributed by atoms with Crippen molar-refractivity contribution in [2.75, 3.05) is 0 Å². The second kappa shape index (κ2) is 6.07. The Morgan fingerprint density at radius 2 is 1.62 bits per heavy atom. The molecule has 2 atom stereocenters. The molecule has 2 rings (SSSR count). The molecule has 0 spiro atoms. The van der Waals surface area contributed by atoms with Crippen LogP contribution in [0.2, 0.25) is 0 Å². The fourth-order valence-corrected chi connectivity index (χ4v) is 4.38. The predicted molar refractivity (Wildman–Crippen MR) is 97.5 cm³/mol. The maximum atomic E-state index is 3.92. The first-order valence-corrected chi connectivity index (χ1v) is 9.38. The molecule has 1 aromatic rings. The highest BCUT2D eigenvalue weighted by molar-refractivity contribution is 9.09. The van der Waals surface area contributed by atoms with Crippen LogP contribution >= 0.6 is 15.9 Å². The molecule has 0 aromatic heterocycles. The number of benzene rings is 1. The molecule has 0 saturated carbocycles. The molecule has 0 saturated heterocycles. The van der Waals surface area contributed by atoms with Crippen LogP contribution < -0.4 is 0 Å². The fourth-order valence-electron chi connectivity index (χ4n) is 3.46. The van der Waals surface area contributed by atoms with Gasteiger partial charge in [-0.3, -0.25) is 0 Å². The average Bonchev–Trinajstić information content (AvgIpc) is 2.43. The predicted octanol–water partition coefficient (Wildman–Crippen LogP) is 6.91. The maximum absolute atomic E-state index is 3.92. The Kier molecular flexibility index (Phi) is 4.93. The molecule has 0 N–H and O–H groups in total. The van der Waals surface area contributed by atoms with Crippen LogP contribution in [0.5, 0.6) is 0 Å². The summed E-state index contributed by atoms with van der Waals surface area (Å²) < 4.78 is 0. The van der Waals surface area contributed by atoms with Gasteiger partial charge in [-0.15, -0.1) is 0 Å². The van der Waals surface area contributed by atoms with E-state index >= 15 is 0 Å². The van der Waals surface area contributed by atoms with Crippen molar-refractivity contribution >= 4 is 15.9 Å². The zero-order valence-corrected chi connectivity index (χ0v) is 16.2. The Hall–Kier alpha value is -0.300. The van der Waals surface area contributed by atoms with Crippen LogP contribution in [0.1, 0.15) is 88.7 Å². The quantitative estimate of drug-likeness (QED) is 0.517. The minimum absolute atomic E-state index is 0.309. The van der Waals surface area contributed by atoms with Gasteiger partial charge < -0.3 is 0 Å². The van der Waals surface area contributed by atoms with Gasteiger partial charge in [0.25, 0.3) is 0 Å². The van der Waals surface area contributed by atoms with Crippen LogP contribution in [0.3, 0.4) is 0 Å². The lowest BCUT2D eigenvalue weighted by Gasteiger charge is -2.42. The van der Waals surface area contributed by atoms with Crippen molar-refractivity contribution in [3.63, 3.8) is 0 Å². The molecule has 0 fully saturated rings. The summed E-state index contributed by atoms with van der Waals surface area (Å²) in [4.78, 5) is 0.485. The van der Waals surface area contributed by atoms with Crippen molar-refractivity contribution in [3.8, 4) is 0 Å². The molecule has 0 aliphatic heterocycles. The van der Waals surface area contributed by atoms with E-state index in [1.807, 2.05) is 0 Å². The third kappa shape index (κ3) is 3.55. The van der Waals surface area contributed by atoms with E-state index in [1.54, 1.807) is 11.1 Å². The molecule has 1 heteroatoms. The second-order valence-corrected chi connectivity index (χ2v) is 9.39. The highest BCUT2D eigenvalue weighted by Gasteiger charge is 2.37. The molecule has 118 valence electrons. The van der Waals surface area contributed by atoms with Gasteiger partial charge in [0.15, 0.2) is 0 Å². The van der Waals surface area contributed by atoms with Crippen LogP contribution in [0.4, 0.5) is 0 Å². The van der Waals surface area contributed by atoms with Gasteiger partial charge in [0.05, 0.1) is 0 Å². The van der Waals surface area contributed by atoms with Crippen molar-refractivity contribution in [2.24, 2.45) is 5.92 Å². The number of fused-ring (bicyclic) bond motifs is 1. The second-order valence-electron chi connectivity index (χ2n) is 8.29. The Bertz CT molecular complexity index is 499. The number of hydrogen-bond acceptors (Lipinski definition) is 0. The molecule has 1 aliphatic carbocycles. The zero-order chi connectivity index (χ0) is 15.8. The van der Waals surface area contributed by atoms with Crippen LogP contribution in [-0.4, -0.2) is 0 Å². The number of halogens is 1. The molecule has 0 heterocycles. The Morgan fingerprint density at radius 1 is 1.05 bits per heavy atom. The summed E-state index contributed by atoms with van der Waals surface area (Å²) in [7, 11) is 0. The summed E-state index contributed by atoms with van der Waals surface area (Å²) >= 11 is 3.92. The van der Waals surface area contributed by atoms with Gasteiger partial charge in [0.1, 0.15) is 0 Å². The molecule has 0 radical (unpaired) electrons. The molecule has 2 unspecified atom stereocenters. The van der Waals surface area contributed by atoms with Gasteiger partial charge in [-0.25, -0.2) is 0 Å². The third-order valence-electron chi connectivity index (χ3n) is 5.54. The molecule has 0 nitrogen and oxygen atoms in total. The van der Waals surface area contributed by atoms with Crippen LogP contribution in [-0.2, 0) is 10.8 Å². The van der Waals surface area contributed by atoms with Gasteiger partial charge in [0.2, 0.25) is 0 Å². The van der Waals surface area contributed by atoms with E-state index in [2.05, 4.69) is 75.7 Å². The first kappa shape index (κ1) is 17.1. The third-order valence-corrected chi connectivity index (χ3v) is 6.45. The largest absolute Gasteiger partial charge is 0.0839 e. The summed E-state index contributed by atoms with van der Waals surface area (Å²) in [5, 5.41) is 0. The minimum atomic E-state index is 0.309. The number of rotatable bonds is 4. The number of hydrogen-bond donors (Lipinski definition) is 0. The topological polar surface area (TPSA) is 0 Å². The summed E-state index contributed by atoms with van der Waals surface area (Å²) in [5.74, 6) is 0.773. The summed E-state index contributed by atoms with van der Waals surface area (Å²) in [6, 6.07) is 7.23. The molecule has 1 aliphatic rings. The van der Waals surface area contributed by atoms with E-state index in [-0.39, 0.29) is 0 Å². The monoisotopic (exact) mass is 350 g/mol. The SMILES string of the molecule is CCC(C)CC(Br)c1ccc2c(c1)C(C)(C)CCC2(C)C. The van der Waals surface area contributed by atoms with Gasteiger partial charge >= 0.3 is 0 Å². The molecule has 0 bridgehead atoms. The summed E-state index contributed by atoms with van der Waals surface area (Å²) in [6.45, 7) is 14.2. The zero-order valence-electron chi connectivity index (χ0n) is 14.6. The Labute approximate surface area is 139 Å². The lowest BCUT2D eigenvalue weighted by atomic mass is 9.63. The fraction of sp³-hybridized carbons (Fsp3) is 0.700. The molecule has 0 amide bonds. The van der Waals surface area contributed by atoms with Crippen LogP contribution in [0.15, 0.2) is 18.2 Å². The van der Waals surface area contributed by atoms with E-state index in [4.69, 9.17) is 0 Å². The minimum Gasteiger partial charge on any atom is -0.0839 e. The van der Waals surface area contributed by atoms with Crippen molar-refractivity contribution in [2.45, 2.75) is 82.9 Å². The van der Waals surface area contributed by atoms with Crippen molar-refractivity contribution in [3.05, 3.63) is 34.9 Å². The summed E-state index contributed by atoms with van der Waals surface area (Å²) in [5.41, 5.74) is 5.22. The lowest BCUT2D eigenvalue weighted by Crippen LogP contribution is -2.33. The van der Waals surface area contributed by atoms with Gasteiger partial charge in [-0.2, -0.15) is 0 Å². The summed E-state index contributed by atoms with van der Waals surface area (Å²) in [6.07, 6.45) is 5.05. The molecular weight excluding hydrogens is 320 g/mol. The Morgan fingerprint density at radius 3 is 2.19 bits per heavy atom. The maximum Gasteiger partial charge on any atom is 0.0397 e. The smallest absolute Gasteiger partial charge is 0.0397 e. The van der Waals surface area contributed by atoms with E-state index < -0.39 is 0 Å². The number of alkyl halides is 1. The van der Waals surface area contributed by atoms with Crippen molar-refractivity contribution in [1.82, 2.24) is 0 Å². The molecule has 21 heavy (non-hydrogen) atoms. The van der Waals surface area contributed by atoms with E-state index in [0.717, 1.165) is 5.92 Å². The normalized spacial score (nSPS) is 22.4. The Balaban J connectivity index is 2.37. The highest BCUT2D eigenvalue weighted by Crippen LogP contribution is 2.47. The van der Waals surface area contributed by atoms with Gasteiger partial charge in [-0.1, -0.05) is 82.1 Å². The van der Waals surface area contributed by atoms with E-state index in [9.17, 15) is 0 Å². The van der Waals surface area contributed by atoms with Crippen LogP contribution in [0, 0.1) is 5.92 Å². The van der Waals surface area contributed by atoms with Crippen molar-refractivity contribution < 1.29 is 0 Å². The molecule has 1 aromatic carbocycles. The van der Waals surface area contributed by atoms with E-state index in [0.29, 0.717) is 15.7 Å². The van der Waals surface area contributed by atoms with Crippen molar-refractivity contribution in [1.29, 1.82) is 0 Å². The lowest BCUT2D eigenvalue weighted by molar-refractivity contribution is 0.331. The van der Waals surface area contributed by atoms with Gasteiger partial charge in [0, 0.05) is 4.83 Å². The first-order valence-electron chi connectivity index (χ1n) is 8.46. The van der Waals surface area contributed by atoms with Crippen LogP contribution in [0.25, 0.3) is 0 Å². The standard InChI is InChI=1S/C20H31Br/c1-7-14(2)12-18(21)15-8-9-16-17(13-15)20(5,6)11-10-19(16,3)4/h8-9,13-14,18H,7,10-12H2,1-6H3. The van der Waals surface area contributed by atoms with E-state index in [1.165, 1.54) is 31.2 Å². The first-order chi connectivity index (χ1) is 9.67. The average molecular weight is 351 g/mol. The van der Waals surface area contributed by atoms with Gasteiger partial charge in [-0.05, 0) is 52.7 Å².